The Morgan fingerprint density at radius 3 is 2.86 bits per heavy atom. The highest BCUT2D eigenvalue weighted by Gasteiger charge is 2.10. The molecule has 1 heterocycles. The minimum atomic E-state index is -0.221. The summed E-state index contributed by atoms with van der Waals surface area (Å²) in [5.74, 6) is 1.72. The minimum Gasteiger partial charge on any atom is -0.460 e. The van der Waals surface area contributed by atoms with Gasteiger partial charge in [-0.15, -0.1) is 0 Å². The van der Waals surface area contributed by atoms with Crippen LogP contribution in [0.3, 0.4) is 0 Å². The molecule has 2 aromatic rings. The van der Waals surface area contributed by atoms with Crippen LogP contribution in [-0.2, 0) is 6.54 Å². The molecule has 0 saturated carbocycles. The second-order valence-corrected chi connectivity index (χ2v) is 5.43. The van der Waals surface area contributed by atoms with E-state index in [0.29, 0.717) is 23.8 Å². The van der Waals surface area contributed by atoms with E-state index in [1.165, 1.54) is 6.07 Å². The third-order valence-corrected chi connectivity index (χ3v) is 3.61. The van der Waals surface area contributed by atoms with Crippen LogP contribution in [0.15, 0.2) is 34.7 Å². The average molecular weight is 291 g/mol. The van der Waals surface area contributed by atoms with Crippen LogP contribution in [-0.4, -0.2) is 18.3 Å². The van der Waals surface area contributed by atoms with Gasteiger partial charge in [0.25, 0.3) is 0 Å². The van der Waals surface area contributed by atoms with Crippen LogP contribution in [0.2, 0.25) is 0 Å². The second kappa shape index (κ2) is 7.38. The standard InChI is InChI=1S/C17H22FNO2/c1-12(8-9-20)10-19-11-14-6-7-17(21-14)15-4-3-5-16(18)13(15)2/h3-7,12,19-20H,8-11H2,1-2H3/t12-/m0/s1. The Hall–Kier alpha value is -1.65. The summed E-state index contributed by atoms with van der Waals surface area (Å²) < 4.78 is 19.3. The first kappa shape index (κ1) is 15.7. The van der Waals surface area contributed by atoms with E-state index in [0.717, 1.165) is 24.3 Å². The van der Waals surface area contributed by atoms with Crippen molar-refractivity contribution in [1.29, 1.82) is 0 Å². The van der Waals surface area contributed by atoms with Gasteiger partial charge in [-0.2, -0.15) is 0 Å². The Labute approximate surface area is 124 Å². The van der Waals surface area contributed by atoms with Crippen molar-refractivity contribution in [2.24, 2.45) is 5.92 Å². The van der Waals surface area contributed by atoms with E-state index in [1.807, 2.05) is 18.2 Å². The van der Waals surface area contributed by atoms with E-state index >= 15 is 0 Å². The summed E-state index contributed by atoms with van der Waals surface area (Å²) in [4.78, 5) is 0. The molecule has 1 atom stereocenters. The maximum absolute atomic E-state index is 13.6. The summed E-state index contributed by atoms with van der Waals surface area (Å²) in [6.07, 6.45) is 0.791. The number of aliphatic hydroxyl groups excluding tert-OH is 1. The molecule has 4 heteroatoms. The lowest BCUT2D eigenvalue weighted by Crippen LogP contribution is -2.21. The molecule has 2 rings (SSSR count). The van der Waals surface area contributed by atoms with Gasteiger partial charge in [-0.05, 0) is 49.6 Å². The third kappa shape index (κ3) is 4.16. The number of aliphatic hydroxyl groups is 1. The van der Waals surface area contributed by atoms with Crippen LogP contribution >= 0.6 is 0 Å². The van der Waals surface area contributed by atoms with Gasteiger partial charge in [0.15, 0.2) is 0 Å². The summed E-state index contributed by atoms with van der Waals surface area (Å²) in [6.45, 7) is 5.51. The highest BCUT2D eigenvalue weighted by molar-refractivity contribution is 5.62. The molecule has 0 radical (unpaired) electrons. The smallest absolute Gasteiger partial charge is 0.134 e. The van der Waals surface area contributed by atoms with Crippen molar-refractivity contribution >= 4 is 0 Å². The molecule has 0 aliphatic rings. The van der Waals surface area contributed by atoms with Gasteiger partial charge in [0, 0.05) is 12.2 Å². The highest BCUT2D eigenvalue weighted by Crippen LogP contribution is 2.26. The molecule has 0 aliphatic heterocycles. The highest BCUT2D eigenvalue weighted by atomic mass is 19.1. The van der Waals surface area contributed by atoms with Crippen LogP contribution < -0.4 is 5.32 Å². The Balaban J connectivity index is 1.97. The number of nitrogens with one attached hydrogen (secondary N) is 1. The maximum Gasteiger partial charge on any atom is 0.134 e. The molecule has 0 unspecified atom stereocenters. The van der Waals surface area contributed by atoms with Crippen molar-refractivity contribution in [3.05, 3.63) is 47.5 Å². The van der Waals surface area contributed by atoms with E-state index < -0.39 is 0 Å². The summed E-state index contributed by atoms with van der Waals surface area (Å²) in [6, 6.07) is 8.78. The zero-order chi connectivity index (χ0) is 15.2. The average Bonchev–Trinajstić information content (AvgIpc) is 2.91. The molecule has 1 aromatic heterocycles. The third-order valence-electron chi connectivity index (χ3n) is 3.61. The maximum atomic E-state index is 13.6. The van der Waals surface area contributed by atoms with E-state index in [2.05, 4.69) is 12.2 Å². The number of hydrogen-bond donors (Lipinski definition) is 2. The van der Waals surface area contributed by atoms with Crippen LogP contribution in [0.25, 0.3) is 11.3 Å². The van der Waals surface area contributed by atoms with Crippen LogP contribution in [0.1, 0.15) is 24.7 Å². The lowest BCUT2D eigenvalue weighted by Gasteiger charge is -2.09. The van der Waals surface area contributed by atoms with Crippen molar-refractivity contribution in [3.63, 3.8) is 0 Å². The molecule has 0 saturated heterocycles. The van der Waals surface area contributed by atoms with Gasteiger partial charge in [0.05, 0.1) is 6.54 Å². The molecule has 3 nitrogen and oxygen atoms in total. The zero-order valence-electron chi connectivity index (χ0n) is 12.5. The van der Waals surface area contributed by atoms with Crippen LogP contribution in [0, 0.1) is 18.7 Å². The number of benzene rings is 1. The molecular weight excluding hydrogens is 269 g/mol. The molecular formula is C17H22FNO2. The summed E-state index contributed by atoms with van der Waals surface area (Å²) in [5.41, 5.74) is 1.39. The van der Waals surface area contributed by atoms with E-state index in [9.17, 15) is 4.39 Å². The molecule has 0 amide bonds. The van der Waals surface area contributed by atoms with Crippen molar-refractivity contribution < 1.29 is 13.9 Å². The SMILES string of the molecule is Cc1c(F)cccc1-c1ccc(CNC[C@@H](C)CCO)o1. The first-order valence-electron chi connectivity index (χ1n) is 7.27. The predicted molar refractivity (Wildman–Crippen MR) is 81.4 cm³/mol. The van der Waals surface area contributed by atoms with Crippen LogP contribution in [0.5, 0.6) is 0 Å². The van der Waals surface area contributed by atoms with E-state index in [-0.39, 0.29) is 12.4 Å². The molecule has 0 bridgehead atoms. The molecule has 1 aromatic carbocycles. The monoisotopic (exact) mass is 291 g/mol. The first-order chi connectivity index (χ1) is 10.1. The van der Waals surface area contributed by atoms with Gasteiger partial charge >= 0.3 is 0 Å². The fraction of sp³-hybridized carbons (Fsp3) is 0.412. The van der Waals surface area contributed by atoms with Gasteiger partial charge in [0.2, 0.25) is 0 Å². The fourth-order valence-corrected chi connectivity index (χ4v) is 2.26. The lowest BCUT2D eigenvalue weighted by molar-refractivity contribution is 0.259. The first-order valence-corrected chi connectivity index (χ1v) is 7.27. The molecule has 114 valence electrons. The van der Waals surface area contributed by atoms with Gasteiger partial charge in [0.1, 0.15) is 17.3 Å². The fourth-order valence-electron chi connectivity index (χ4n) is 2.26. The largest absolute Gasteiger partial charge is 0.460 e. The van der Waals surface area contributed by atoms with Gasteiger partial charge in [-0.3, -0.25) is 0 Å². The van der Waals surface area contributed by atoms with Crippen molar-refractivity contribution in [2.45, 2.75) is 26.8 Å². The molecule has 0 spiro atoms. The van der Waals surface area contributed by atoms with Gasteiger partial charge in [-0.25, -0.2) is 4.39 Å². The zero-order valence-corrected chi connectivity index (χ0v) is 12.5. The van der Waals surface area contributed by atoms with Crippen molar-refractivity contribution in [1.82, 2.24) is 5.32 Å². The summed E-state index contributed by atoms with van der Waals surface area (Å²) >= 11 is 0. The Morgan fingerprint density at radius 1 is 1.29 bits per heavy atom. The lowest BCUT2D eigenvalue weighted by atomic mass is 10.1. The Morgan fingerprint density at radius 2 is 2.10 bits per heavy atom. The second-order valence-electron chi connectivity index (χ2n) is 5.43. The molecule has 21 heavy (non-hydrogen) atoms. The predicted octanol–water partition coefficient (Wildman–Crippen LogP) is 3.50. The Kier molecular flexibility index (Phi) is 5.53. The molecule has 2 N–H and O–H groups in total. The van der Waals surface area contributed by atoms with Crippen LogP contribution in [0.4, 0.5) is 4.39 Å². The van der Waals surface area contributed by atoms with Gasteiger partial charge < -0.3 is 14.8 Å². The summed E-state index contributed by atoms with van der Waals surface area (Å²) in [5, 5.41) is 12.2. The number of hydrogen-bond acceptors (Lipinski definition) is 3. The van der Waals surface area contributed by atoms with Crippen molar-refractivity contribution in [2.75, 3.05) is 13.2 Å². The number of halogens is 1. The number of furan rings is 1. The van der Waals surface area contributed by atoms with Gasteiger partial charge in [-0.1, -0.05) is 19.1 Å². The normalized spacial score (nSPS) is 12.6. The molecule has 0 fully saturated rings. The Bertz CT molecular complexity index is 580. The van der Waals surface area contributed by atoms with E-state index in [1.54, 1.807) is 13.0 Å². The van der Waals surface area contributed by atoms with E-state index in [4.69, 9.17) is 9.52 Å². The quantitative estimate of drug-likeness (QED) is 0.820. The molecule has 0 aliphatic carbocycles. The topological polar surface area (TPSA) is 45.4 Å². The number of rotatable bonds is 7. The van der Waals surface area contributed by atoms with Crippen molar-refractivity contribution in [3.8, 4) is 11.3 Å². The summed E-state index contributed by atoms with van der Waals surface area (Å²) in [7, 11) is 0. The minimum absolute atomic E-state index is 0.215.